The summed E-state index contributed by atoms with van der Waals surface area (Å²) in [6.45, 7) is 0.491. The highest BCUT2D eigenvalue weighted by Crippen LogP contribution is 2.31. The molecule has 3 aromatic rings. The molecule has 0 spiro atoms. The maximum Gasteiger partial charge on any atom is 0.247 e. The van der Waals surface area contributed by atoms with Crippen LogP contribution < -0.4 is 10.9 Å². The van der Waals surface area contributed by atoms with Crippen molar-refractivity contribution in [3.05, 3.63) is 42.0 Å². The second-order valence-electron chi connectivity index (χ2n) is 4.47. The molecule has 0 saturated carbocycles. The molecule has 5 N–H and O–H groups in total. The SMILES string of the molecule is NCc1ccc2[nH]c(-c3ccc(S(N)(=O)=O)s3)cc2c1. The molecule has 0 radical (unpaired) electrons. The predicted molar refractivity (Wildman–Crippen MR) is 80.9 cm³/mol. The minimum atomic E-state index is -3.64. The number of H-pyrrole nitrogens is 1. The fourth-order valence-electron chi connectivity index (χ4n) is 2.06. The van der Waals surface area contributed by atoms with Crippen LogP contribution in [-0.4, -0.2) is 13.4 Å². The highest BCUT2D eigenvalue weighted by molar-refractivity contribution is 7.91. The topological polar surface area (TPSA) is 102 Å². The lowest BCUT2D eigenvalue weighted by Crippen LogP contribution is -2.09. The van der Waals surface area contributed by atoms with Crippen molar-refractivity contribution in [2.24, 2.45) is 10.9 Å². The summed E-state index contributed by atoms with van der Waals surface area (Å²) in [5.41, 5.74) is 8.53. The first-order valence-electron chi connectivity index (χ1n) is 5.92. The van der Waals surface area contributed by atoms with Crippen molar-refractivity contribution in [3.63, 3.8) is 0 Å². The van der Waals surface area contributed by atoms with Gasteiger partial charge in [0.1, 0.15) is 4.21 Å². The van der Waals surface area contributed by atoms with Crippen molar-refractivity contribution in [3.8, 4) is 10.6 Å². The van der Waals surface area contributed by atoms with Gasteiger partial charge in [-0.15, -0.1) is 11.3 Å². The van der Waals surface area contributed by atoms with Crippen LogP contribution in [0.1, 0.15) is 5.56 Å². The Bertz CT molecular complexity index is 878. The maximum atomic E-state index is 11.3. The zero-order valence-electron chi connectivity index (χ0n) is 10.5. The summed E-state index contributed by atoms with van der Waals surface area (Å²) in [6.07, 6.45) is 0. The molecule has 7 heteroatoms. The van der Waals surface area contributed by atoms with E-state index in [2.05, 4.69) is 4.98 Å². The van der Waals surface area contributed by atoms with Crippen LogP contribution in [0, 0.1) is 0 Å². The predicted octanol–water partition coefficient (Wildman–Crippen LogP) is 2.00. The van der Waals surface area contributed by atoms with E-state index in [0.717, 1.165) is 38.4 Å². The van der Waals surface area contributed by atoms with Crippen molar-refractivity contribution in [1.29, 1.82) is 0 Å². The Balaban J connectivity index is 2.08. The number of thiophene rings is 1. The van der Waals surface area contributed by atoms with Gasteiger partial charge in [-0.25, -0.2) is 13.6 Å². The summed E-state index contributed by atoms with van der Waals surface area (Å²) < 4.78 is 22.8. The van der Waals surface area contributed by atoms with Crippen LogP contribution in [0.4, 0.5) is 0 Å². The van der Waals surface area contributed by atoms with Crippen LogP contribution in [0.5, 0.6) is 0 Å². The van der Waals surface area contributed by atoms with Gasteiger partial charge in [-0.2, -0.15) is 0 Å². The molecule has 0 unspecified atom stereocenters. The van der Waals surface area contributed by atoms with E-state index in [1.807, 2.05) is 24.3 Å². The molecular formula is C13H13N3O2S2. The summed E-state index contributed by atoms with van der Waals surface area (Å²) >= 11 is 1.15. The first-order valence-corrected chi connectivity index (χ1v) is 8.28. The van der Waals surface area contributed by atoms with Crippen LogP contribution in [0.25, 0.3) is 21.5 Å². The quantitative estimate of drug-likeness (QED) is 0.689. The van der Waals surface area contributed by atoms with Crippen molar-refractivity contribution in [2.45, 2.75) is 10.8 Å². The number of nitrogens with two attached hydrogens (primary N) is 2. The third-order valence-electron chi connectivity index (χ3n) is 3.05. The molecule has 0 aliphatic rings. The molecule has 3 rings (SSSR count). The summed E-state index contributed by atoms with van der Waals surface area (Å²) in [6, 6.07) is 11.2. The minimum Gasteiger partial charge on any atom is -0.354 e. The standard InChI is InChI=1S/C13H13N3O2S2/c14-7-8-1-2-10-9(5-8)6-11(16-10)12-3-4-13(19-12)20(15,17)18/h1-6,16H,7,14H2,(H2,15,17,18). The number of hydrogen-bond acceptors (Lipinski definition) is 4. The summed E-state index contributed by atoms with van der Waals surface area (Å²) in [7, 11) is -3.64. The Kier molecular flexibility index (Phi) is 3.14. The Hall–Kier alpha value is -1.67. The molecule has 0 bridgehead atoms. The van der Waals surface area contributed by atoms with Gasteiger partial charge in [-0.05, 0) is 35.9 Å². The number of aromatic nitrogens is 1. The van der Waals surface area contributed by atoms with E-state index >= 15 is 0 Å². The Morgan fingerprint density at radius 3 is 2.60 bits per heavy atom. The van der Waals surface area contributed by atoms with Crippen molar-refractivity contribution < 1.29 is 8.42 Å². The number of primary sulfonamides is 1. The molecule has 5 nitrogen and oxygen atoms in total. The maximum absolute atomic E-state index is 11.3. The van der Waals surface area contributed by atoms with Crippen molar-refractivity contribution in [2.75, 3.05) is 0 Å². The average Bonchev–Trinajstić information content (AvgIpc) is 3.03. The second kappa shape index (κ2) is 4.71. The monoisotopic (exact) mass is 307 g/mol. The summed E-state index contributed by atoms with van der Waals surface area (Å²) in [5.74, 6) is 0. The molecule has 0 atom stereocenters. The van der Waals surface area contributed by atoms with Gasteiger partial charge in [-0.3, -0.25) is 0 Å². The number of hydrogen-bond donors (Lipinski definition) is 3. The van der Waals surface area contributed by atoms with Gasteiger partial charge in [0.2, 0.25) is 10.0 Å². The van der Waals surface area contributed by atoms with Crippen molar-refractivity contribution >= 4 is 32.3 Å². The Morgan fingerprint density at radius 2 is 1.95 bits per heavy atom. The van der Waals surface area contributed by atoms with Crippen LogP contribution in [-0.2, 0) is 16.6 Å². The van der Waals surface area contributed by atoms with Crippen LogP contribution in [0.2, 0.25) is 0 Å². The van der Waals surface area contributed by atoms with Crippen LogP contribution >= 0.6 is 11.3 Å². The third-order valence-corrected chi connectivity index (χ3v) is 5.61. The molecule has 0 saturated heterocycles. The molecule has 2 aromatic heterocycles. The largest absolute Gasteiger partial charge is 0.354 e. The first-order chi connectivity index (χ1) is 9.47. The third kappa shape index (κ3) is 2.36. The molecular weight excluding hydrogens is 294 g/mol. The normalized spacial score (nSPS) is 12.1. The van der Waals surface area contributed by atoms with E-state index in [4.69, 9.17) is 10.9 Å². The fraction of sp³-hybridized carbons (Fsp3) is 0.0769. The lowest BCUT2D eigenvalue weighted by atomic mass is 10.1. The van der Waals surface area contributed by atoms with Gasteiger partial charge < -0.3 is 10.7 Å². The zero-order chi connectivity index (χ0) is 14.3. The van der Waals surface area contributed by atoms with E-state index in [1.54, 1.807) is 6.07 Å². The van der Waals surface area contributed by atoms with Gasteiger partial charge in [0.15, 0.2) is 0 Å². The molecule has 104 valence electrons. The highest BCUT2D eigenvalue weighted by atomic mass is 32.2. The molecule has 20 heavy (non-hydrogen) atoms. The van der Waals surface area contributed by atoms with Gasteiger partial charge in [0.05, 0.1) is 10.6 Å². The molecule has 0 amide bonds. The Morgan fingerprint density at radius 1 is 1.15 bits per heavy atom. The number of aromatic amines is 1. The minimum absolute atomic E-state index is 0.161. The average molecular weight is 307 g/mol. The summed E-state index contributed by atoms with van der Waals surface area (Å²) in [5, 5.41) is 6.17. The van der Waals surface area contributed by atoms with E-state index < -0.39 is 10.0 Å². The number of rotatable bonds is 3. The van der Waals surface area contributed by atoms with Crippen LogP contribution in [0.3, 0.4) is 0 Å². The lowest BCUT2D eigenvalue weighted by Gasteiger charge is -1.95. The van der Waals surface area contributed by atoms with Gasteiger partial charge in [0, 0.05) is 17.4 Å². The smallest absolute Gasteiger partial charge is 0.247 e. The zero-order valence-corrected chi connectivity index (χ0v) is 12.1. The van der Waals surface area contributed by atoms with E-state index in [9.17, 15) is 8.42 Å². The van der Waals surface area contributed by atoms with Gasteiger partial charge in [-0.1, -0.05) is 6.07 Å². The van der Waals surface area contributed by atoms with Gasteiger partial charge in [0.25, 0.3) is 0 Å². The highest BCUT2D eigenvalue weighted by Gasteiger charge is 2.13. The van der Waals surface area contributed by atoms with E-state index in [1.165, 1.54) is 6.07 Å². The Labute approximate surface area is 120 Å². The molecule has 0 aliphatic carbocycles. The van der Waals surface area contributed by atoms with Crippen molar-refractivity contribution in [1.82, 2.24) is 4.98 Å². The number of fused-ring (bicyclic) bond motifs is 1. The second-order valence-corrected chi connectivity index (χ2v) is 7.34. The number of nitrogens with one attached hydrogen (secondary N) is 1. The van der Waals surface area contributed by atoms with E-state index in [-0.39, 0.29) is 4.21 Å². The first kappa shape index (κ1) is 13.3. The molecule has 0 fully saturated rings. The van der Waals surface area contributed by atoms with Gasteiger partial charge >= 0.3 is 0 Å². The summed E-state index contributed by atoms with van der Waals surface area (Å²) in [4.78, 5) is 4.09. The van der Waals surface area contributed by atoms with Crippen LogP contribution in [0.15, 0.2) is 40.6 Å². The molecule has 1 aromatic carbocycles. The van der Waals surface area contributed by atoms with E-state index in [0.29, 0.717) is 6.54 Å². The number of benzene rings is 1. The fourth-order valence-corrected chi connectivity index (χ4v) is 3.76. The molecule has 0 aliphatic heterocycles. The lowest BCUT2D eigenvalue weighted by molar-refractivity contribution is 0.600. The molecule has 2 heterocycles. The number of sulfonamides is 1.